The van der Waals surface area contributed by atoms with Crippen molar-refractivity contribution in [2.75, 3.05) is 20.7 Å². The van der Waals surface area contributed by atoms with Gasteiger partial charge < -0.3 is 15.1 Å². The molecule has 1 aliphatic carbocycles. The molecule has 0 aromatic rings. The van der Waals surface area contributed by atoms with E-state index >= 15 is 0 Å². The van der Waals surface area contributed by atoms with E-state index in [1.165, 1.54) is 0 Å². The maximum absolute atomic E-state index is 11.5. The van der Waals surface area contributed by atoms with Crippen molar-refractivity contribution in [2.45, 2.75) is 63.9 Å². The zero-order chi connectivity index (χ0) is 19.2. The monoisotopic (exact) mass is 363 g/mol. The molecule has 0 spiro atoms. The van der Waals surface area contributed by atoms with Crippen LogP contribution in [0.25, 0.3) is 0 Å². The molecule has 0 bridgehead atoms. The molecule has 0 aromatic carbocycles. The summed E-state index contributed by atoms with van der Waals surface area (Å²) in [5.74, 6) is 0.707. The molecule has 0 saturated heterocycles. The van der Waals surface area contributed by atoms with Gasteiger partial charge in [0.15, 0.2) is 0 Å². The summed E-state index contributed by atoms with van der Waals surface area (Å²) < 4.78 is 0. The number of aliphatic hydroxyl groups is 2. The number of allylic oxidation sites excluding steroid dienone is 5. The Balaban J connectivity index is 2.24. The molecule has 0 aliphatic heterocycles. The largest absolute Gasteiger partial charge is 0.396 e. The molecule has 26 heavy (non-hydrogen) atoms. The van der Waals surface area contributed by atoms with Crippen molar-refractivity contribution in [3.8, 4) is 0 Å². The van der Waals surface area contributed by atoms with Crippen LogP contribution in [0.5, 0.6) is 0 Å². The lowest BCUT2D eigenvalue weighted by Crippen LogP contribution is -2.20. The number of rotatable bonds is 13. The molecular formula is C22H37NO3. The van der Waals surface area contributed by atoms with Crippen molar-refractivity contribution in [1.29, 1.82) is 0 Å². The van der Waals surface area contributed by atoms with Gasteiger partial charge in [0.2, 0.25) is 5.91 Å². The Morgan fingerprint density at radius 1 is 1.00 bits per heavy atom. The first-order chi connectivity index (χ1) is 12.6. The number of hydrogen-bond acceptors (Lipinski definition) is 3. The SMILES string of the molecule is CN(C)C(=O)CCCC=CC[C@@H]1[C@@H](C=CCCCCCCO)C=C[C@@H]1O. The van der Waals surface area contributed by atoms with Crippen LogP contribution in [0.1, 0.15) is 57.8 Å². The van der Waals surface area contributed by atoms with E-state index in [1.807, 2.05) is 6.08 Å². The molecule has 1 aliphatic rings. The van der Waals surface area contributed by atoms with Crippen LogP contribution in [0.15, 0.2) is 36.5 Å². The molecule has 3 atom stereocenters. The maximum Gasteiger partial charge on any atom is 0.222 e. The molecule has 0 saturated carbocycles. The fraction of sp³-hybridized carbons (Fsp3) is 0.682. The summed E-state index contributed by atoms with van der Waals surface area (Å²) in [6.45, 7) is 0.293. The van der Waals surface area contributed by atoms with Gasteiger partial charge in [-0.15, -0.1) is 0 Å². The minimum absolute atomic E-state index is 0.176. The second-order valence-corrected chi connectivity index (χ2v) is 7.36. The molecule has 0 unspecified atom stereocenters. The lowest BCUT2D eigenvalue weighted by atomic mass is 9.90. The van der Waals surface area contributed by atoms with E-state index < -0.39 is 0 Å². The molecule has 0 radical (unpaired) electrons. The van der Waals surface area contributed by atoms with E-state index in [9.17, 15) is 9.90 Å². The summed E-state index contributed by atoms with van der Waals surface area (Å²) in [5, 5.41) is 18.9. The molecule has 148 valence electrons. The number of hydrogen-bond donors (Lipinski definition) is 2. The fourth-order valence-electron chi connectivity index (χ4n) is 3.21. The normalized spacial score (nSPS) is 22.7. The van der Waals surface area contributed by atoms with Gasteiger partial charge in [0.05, 0.1) is 6.10 Å². The summed E-state index contributed by atoms with van der Waals surface area (Å²) >= 11 is 0. The van der Waals surface area contributed by atoms with Gasteiger partial charge in [-0.2, -0.15) is 0 Å². The Morgan fingerprint density at radius 3 is 2.46 bits per heavy atom. The van der Waals surface area contributed by atoms with Gasteiger partial charge in [0.1, 0.15) is 0 Å². The highest BCUT2D eigenvalue weighted by Gasteiger charge is 2.27. The van der Waals surface area contributed by atoms with Gasteiger partial charge in [0.25, 0.3) is 0 Å². The van der Waals surface area contributed by atoms with Crippen LogP contribution in [0.4, 0.5) is 0 Å². The lowest BCUT2D eigenvalue weighted by molar-refractivity contribution is -0.128. The number of carbonyl (C=O) groups is 1. The summed E-state index contributed by atoms with van der Waals surface area (Å²) in [6.07, 6.45) is 21.0. The van der Waals surface area contributed by atoms with Gasteiger partial charge in [-0.05, 0) is 38.5 Å². The highest BCUT2D eigenvalue weighted by atomic mass is 16.3. The quantitative estimate of drug-likeness (QED) is 0.386. The predicted octanol–water partition coefficient (Wildman–Crippen LogP) is 3.85. The molecule has 1 amide bonds. The van der Waals surface area contributed by atoms with Crippen LogP contribution in [-0.4, -0.2) is 47.8 Å². The van der Waals surface area contributed by atoms with Gasteiger partial charge in [-0.3, -0.25) is 4.79 Å². The summed E-state index contributed by atoms with van der Waals surface area (Å²) in [4.78, 5) is 13.1. The van der Waals surface area contributed by atoms with Crippen LogP contribution in [-0.2, 0) is 4.79 Å². The number of amides is 1. The molecule has 0 fully saturated rings. The third kappa shape index (κ3) is 9.35. The fourth-order valence-corrected chi connectivity index (χ4v) is 3.21. The smallest absolute Gasteiger partial charge is 0.222 e. The van der Waals surface area contributed by atoms with Gasteiger partial charge >= 0.3 is 0 Å². The van der Waals surface area contributed by atoms with Crippen molar-refractivity contribution >= 4 is 5.91 Å². The van der Waals surface area contributed by atoms with Gasteiger partial charge in [-0.25, -0.2) is 0 Å². The summed E-state index contributed by atoms with van der Waals surface area (Å²) in [6, 6.07) is 0. The Hall–Kier alpha value is -1.39. The molecule has 0 aromatic heterocycles. The van der Waals surface area contributed by atoms with E-state index in [0.29, 0.717) is 18.9 Å². The highest BCUT2D eigenvalue weighted by molar-refractivity contribution is 5.75. The van der Waals surface area contributed by atoms with Crippen molar-refractivity contribution in [3.05, 3.63) is 36.5 Å². The zero-order valence-corrected chi connectivity index (χ0v) is 16.5. The topological polar surface area (TPSA) is 60.8 Å². The minimum atomic E-state index is -0.367. The summed E-state index contributed by atoms with van der Waals surface area (Å²) in [5.41, 5.74) is 0. The third-order valence-corrected chi connectivity index (χ3v) is 4.94. The molecule has 4 heteroatoms. The van der Waals surface area contributed by atoms with Gasteiger partial charge in [-0.1, -0.05) is 49.3 Å². The van der Waals surface area contributed by atoms with Crippen LogP contribution in [0, 0.1) is 11.8 Å². The van der Waals surface area contributed by atoms with E-state index in [1.54, 1.807) is 19.0 Å². The molecule has 0 heterocycles. The first kappa shape index (κ1) is 22.7. The first-order valence-corrected chi connectivity index (χ1v) is 10.0. The number of carbonyl (C=O) groups excluding carboxylic acids is 1. The Bertz CT molecular complexity index is 468. The van der Waals surface area contributed by atoms with E-state index in [4.69, 9.17) is 5.11 Å². The zero-order valence-electron chi connectivity index (χ0n) is 16.5. The standard InChI is InChI=1S/C22H37NO3/c1-23(2)22(26)15-11-7-6-10-14-20-19(16-17-21(20)25)13-9-5-3-4-8-12-18-24/h6,9-10,13,16-17,19-21,24-25H,3-5,7-8,11-12,14-15,18H2,1-2H3/t19-,20+,21-/m0/s1. The number of unbranched alkanes of at least 4 members (excludes halogenated alkanes) is 5. The van der Waals surface area contributed by atoms with Crippen LogP contribution in [0.2, 0.25) is 0 Å². The average Bonchev–Trinajstić information content (AvgIpc) is 2.96. The summed E-state index contributed by atoms with van der Waals surface area (Å²) in [7, 11) is 3.57. The average molecular weight is 364 g/mol. The second kappa shape index (κ2) is 13.8. The minimum Gasteiger partial charge on any atom is -0.396 e. The highest BCUT2D eigenvalue weighted by Crippen LogP contribution is 2.30. The van der Waals surface area contributed by atoms with E-state index in [-0.39, 0.29) is 17.9 Å². The van der Waals surface area contributed by atoms with Crippen LogP contribution < -0.4 is 0 Å². The molecule has 1 rings (SSSR count). The lowest BCUT2D eigenvalue weighted by Gasteiger charge is -2.18. The number of aliphatic hydroxyl groups excluding tert-OH is 2. The number of nitrogens with zero attached hydrogens (tertiary/aromatic N) is 1. The molecule has 4 nitrogen and oxygen atoms in total. The Morgan fingerprint density at radius 2 is 1.73 bits per heavy atom. The third-order valence-electron chi connectivity index (χ3n) is 4.94. The Labute approximate surface area is 159 Å². The van der Waals surface area contributed by atoms with Crippen molar-refractivity contribution < 1.29 is 15.0 Å². The van der Waals surface area contributed by atoms with Crippen molar-refractivity contribution in [2.24, 2.45) is 11.8 Å². The first-order valence-electron chi connectivity index (χ1n) is 10.0. The van der Waals surface area contributed by atoms with E-state index in [2.05, 4.69) is 30.4 Å². The predicted molar refractivity (Wildman–Crippen MR) is 108 cm³/mol. The molecule has 2 N–H and O–H groups in total. The van der Waals surface area contributed by atoms with E-state index in [0.717, 1.165) is 51.4 Å². The molecular weight excluding hydrogens is 326 g/mol. The van der Waals surface area contributed by atoms with Crippen molar-refractivity contribution in [3.63, 3.8) is 0 Å². The van der Waals surface area contributed by atoms with Crippen LogP contribution in [0.3, 0.4) is 0 Å². The van der Waals surface area contributed by atoms with Crippen LogP contribution >= 0.6 is 0 Å². The maximum atomic E-state index is 11.5. The van der Waals surface area contributed by atoms with Gasteiger partial charge in [0, 0.05) is 39.0 Å². The second-order valence-electron chi connectivity index (χ2n) is 7.36. The Kier molecular flexibility index (Phi) is 12.0. The van der Waals surface area contributed by atoms with Crippen molar-refractivity contribution in [1.82, 2.24) is 4.90 Å².